The molecule has 0 fully saturated rings. The third-order valence-corrected chi connectivity index (χ3v) is 18.5. The smallest absolute Gasteiger partial charge is 0.366 e. The molecule has 322 valence electrons. The van der Waals surface area contributed by atoms with Gasteiger partial charge in [-0.2, -0.15) is 0 Å². The fourth-order valence-corrected chi connectivity index (χ4v) is 15.6. The average Bonchev–Trinajstić information content (AvgIpc) is 3.37. The summed E-state index contributed by atoms with van der Waals surface area (Å²) in [6.07, 6.45) is 17.5. The van der Waals surface area contributed by atoms with Crippen molar-refractivity contribution in [2.45, 2.75) is 0 Å². The van der Waals surface area contributed by atoms with Gasteiger partial charge in [0.25, 0.3) is 0 Å². The molecule has 12 aromatic carbocycles. The van der Waals surface area contributed by atoms with Crippen LogP contribution < -0.4 is 21.2 Å². The van der Waals surface area contributed by atoms with Crippen molar-refractivity contribution in [2.75, 3.05) is 12.3 Å². The zero-order chi connectivity index (χ0) is 43.2. The van der Waals surface area contributed by atoms with Gasteiger partial charge in [0.2, 0.25) is 0 Å². The molecule has 0 aromatic heterocycles. The van der Waals surface area contributed by atoms with E-state index in [1.54, 1.807) is 0 Å². The summed E-state index contributed by atoms with van der Waals surface area (Å²) < 4.78 is 0. The first-order valence-electron chi connectivity index (χ1n) is 21.8. The van der Waals surface area contributed by atoms with E-state index >= 15 is 0 Å². The van der Waals surface area contributed by atoms with Crippen molar-refractivity contribution in [3.63, 3.8) is 0 Å². The summed E-state index contributed by atoms with van der Waals surface area (Å²) in [4.78, 5) is 0. The van der Waals surface area contributed by atoms with Gasteiger partial charge in [0, 0.05) is 0 Å². The van der Waals surface area contributed by atoms with Crippen LogP contribution in [0.4, 0.5) is 0 Å². The van der Waals surface area contributed by atoms with Gasteiger partial charge in [0.15, 0.2) is 0 Å². The molecule has 0 heterocycles. The van der Waals surface area contributed by atoms with Crippen molar-refractivity contribution in [1.29, 1.82) is 0 Å². The Labute approximate surface area is 421 Å². The molecule has 0 unspecified atom stereocenters. The Hall–Kier alpha value is -5.82. The molecule has 0 saturated heterocycles. The minimum absolute atomic E-state index is 0. The van der Waals surface area contributed by atoms with Crippen LogP contribution in [0.15, 0.2) is 231 Å². The van der Waals surface area contributed by atoms with E-state index in [9.17, 15) is 0 Å². The molecule has 0 aliphatic heterocycles. The first kappa shape index (κ1) is 46.7. The van der Waals surface area contributed by atoms with Gasteiger partial charge in [-0.1, -0.05) is 181 Å². The summed E-state index contributed by atoms with van der Waals surface area (Å²) in [5, 5.41) is 20.7. The molecule has 4 heteroatoms. The Balaban J connectivity index is 0.000000137. The van der Waals surface area contributed by atoms with Gasteiger partial charge in [-0.15, -0.1) is 23.3 Å². The maximum atomic E-state index is 7.48. The Kier molecular flexibility index (Phi) is 15.3. The second kappa shape index (κ2) is 21.7. The van der Waals surface area contributed by atoms with E-state index in [1.165, 1.54) is 87.4 Å². The molecule has 0 radical (unpaired) electrons. The Bertz CT molecular complexity index is 3260. The van der Waals surface area contributed by atoms with Gasteiger partial charge < -0.3 is 12.8 Å². The van der Waals surface area contributed by atoms with Gasteiger partial charge in [0.1, 0.15) is 12.3 Å². The van der Waals surface area contributed by atoms with Gasteiger partial charge in [-0.3, -0.25) is 11.8 Å². The second-order valence-electron chi connectivity index (χ2n) is 16.1. The first-order valence-corrected chi connectivity index (χ1v) is 25.2. The van der Waals surface area contributed by atoms with Crippen LogP contribution in [0.25, 0.3) is 64.6 Å². The van der Waals surface area contributed by atoms with Crippen molar-refractivity contribution in [3.05, 3.63) is 254 Å². The molecular weight excluding hydrogens is 1020 g/mol. The van der Waals surface area contributed by atoms with Crippen molar-refractivity contribution in [2.24, 2.45) is 0 Å². The van der Waals surface area contributed by atoms with E-state index in [0.717, 1.165) is 21.9 Å². The van der Waals surface area contributed by atoms with Crippen LogP contribution in [0, 0.1) is 24.7 Å². The van der Waals surface area contributed by atoms with Crippen LogP contribution in [0.2, 0.25) is 0 Å². The predicted octanol–water partition coefficient (Wildman–Crippen LogP) is 13.8. The van der Waals surface area contributed by atoms with Gasteiger partial charge in [-0.05, 0) is 102 Å². The molecule has 0 aliphatic carbocycles. The van der Waals surface area contributed by atoms with Crippen molar-refractivity contribution in [3.8, 4) is 11.8 Å². The maximum absolute atomic E-state index is 7.48. The molecule has 0 saturated carbocycles. The molecule has 0 N–H and O–H groups in total. The average molecular weight is 1070 g/mol. The van der Waals surface area contributed by atoms with E-state index in [4.69, 9.17) is 12.8 Å². The van der Waals surface area contributed by atoms with E-state index in [2.05, 4.69) is 230 Å². The summed E-state index contributed by atoms with van der Waals surface area (Å²) in [6, 6.07) is 82.4. The second-order valence-corrected chi connectivity index (χ2v) is 21.3. The third kappa shape index (κ3) is 9.54. The predicted molar refractivity (Wildman–Crippen MR) is 283 cm³/mol. The standard InChI is InChI=1S/C26H24P2.2C18H9.2Ag/c1-5-13-23(14-6-1)27(24-15-7-2-8-16-24)21-22-28(25-17-9-3-10-18-25)26-19-11-4-12-20-26;2*1-2-12-11-15-7-3-5-13-9-10-14-6-4-8-16(12)18(14)17(13)15;;/h1-20H,21-22H2;2*3-11H;;/q;2*-1;2*+1/p+2. The monoisotopic (exact) mass is 1060 g/mol. The number of hydrogen-bond donors (Lipinski definition) is 0. The van der Waals surface area contributed by atoms with E-state index in [1.807, 2.05) is 12.1 Å². The van der Waals surface area contributed by atoms with E-state index < -0.39 is 15.8 Å². The van der Waals surface area contributed by atoms with Gasteiger partial charge in [-0.25, -0.2) is 0 Å². The largest absolute Gasteiger partial charge is 1.00 e. The van der Waals surface area contributed by atoms with Gasteiger partial charge in [0.05, 0.1) is 37.1 Å². The summed E-state index contributed by atoms with van der Waals surface area (Å²) in [5.41, 5.74) is 1.73. The molecule has 0 aliphatic rings. The van der Waals surface area contributed by atoms with Crippen LogP contribution in [-0.4, -0.2) is 12.3 Å². The molecule has 12 rings (SSSR count). The van der Waals surface area contributed by atoms with Crippen LogP contribution in [0.1, 0.15) is 11.1 Å². The quantitative estimate of drug-likeness (QED) is 0.0491. The van der Waals surface area contributed by atoms with Gasteiger partial charge >= 0.3 is 44.8 Å². The minimum atomic E-state index is -0.783. The van der Waals surface area contributed by atoms with E-state index in [-0.39, 0.29) is 44.8 Å². The Morgan fingerprint density at radius 2 is 0.561 bits per heavy atom. The molecule has 0 nitrogen and oxygen atoms in total. The summed E-state index contributed by atoms with van der Waals surface area (Å²) in [6.45, 7) is 0. The summed E-state index contributed by atoms with van der Waals surface area (Å²) >= 11 is 0. The fraction of sp³-hybridized carbons (Fsp3) is 0.0323. The molecule has 0 atom stereocenters. The normalized spacial score (nSPS) is 10.8. The number of rotatable bonds is 7. The molecular formula is C62H44Ag2P2+2. The third-order valence-electron chi connectivity index (χ3n) is 12.4. The van der Waals surface area contributed by atoms with Crippen LogP contribution in [0.5, 0.6) is 0 Å². The van der Waals surface area contributed by atoms with Crippen LogP contribution in [0.3, 0.4) is 0 Å². The van der Waals surface area contributed by atoms with Crippen LogP contribution in [-0.2, 0) is 44.8 Å². The summed E-state index contributed by atoms with van der Waals surface area (Å²) in [7, 11) is -1.57. The first-order chi connectivity index (χ1) is 31.7. The zero-order valence-electron chi connectivity index (χ0n) is 36.0. The van der Waals surface area contributed by atoms with Crippen molar-refractivity contribution >= 4 is 102 Å². The number of benzene rings is 12. The number of hydrogen-bond acceptors (Lipinski definition) is 0. The fourth-order valence-electron chi connectivity index (χ4n) is 9.45. The topological polar surface area (TPSA) is 0 Å². The van der Waals surface area contributed by atoms with E-state index in [0.29, 0.717) is 0 Å². The van der Waals surface area contributed by atoms with Crippen LogP contribution >= 0.6 is 15.8 Å². The Morgan fingerprint density at radius 3 is 0.864 bits per heavy atom. The Morgan fingerprint density at radius 1 is 0.288 bits per heavy atom. The molecule has 66 heavy (non-hydrogen) atoms. The molecule has 0 amide bonds. The SMILES string of the molecule is [Ag+].[Ag+].[C-]#Cc1cc2cccc3ccc4cccc1c4c32.[C-]#Cc1cc2cccc3ccc4cccc1c4c32.c1ccc([PH+](CC[PH+](c2ccccc2)c2ccccc2)c2ccccc2)cc1. The van der Waals surface area contributed by atoms with Crippen molar-refractivity contribution in [1.82, 2.24) is 0 Å². The summed E-state index contributed by atoms with van der Waals surface area (Å²) in [5.74, 6) is 5.12. The van der Waals surface area contributed by atoms with Crippen molar-refractivity contribution < 1.29 is 44.8 Å². The maximum Gasteiger partial charge on any atom is 1.00 e. The molecule has 0 spiro atoms. The molecule has 12 aromatic rings. The molecule has 0 bridgehead atoms. The minimum Gasteiger partial charge on any atom is -0.366 e. The zero-order valence-corrected chi connectivity index (χ0v) is 40.9.